The summed E-state index contributed by atoms with van der Waals surface area (Å²) in [6.45, 7) is -0.275. The van der Waals surface area contributed by atoms with Crippen LogP contribution in [0.2, 0.25) is 0 Å². The maximum atomic E-state index is 15.0. The second kappa shape index (κ2) is 9.76. The van der Waals surface area contributed by atoms with Gasteiger partial charge in [0.1, 0.15) is 11.6 Å². The molecule has 1 saturated heterocycles. The first-order chi connectivity index (χ1) is 17.0. The molecule has 36 heavy (non-hydrogen) atoms. The fourth-order valence-corrected chi connectivity index (χ4v) is 4.76. The third kappa shape index (κ3) is 5.58. The van der Waals surface area contributed by atoms with E-state index in [0.29, 0.717) is 11.4 Å². The number of amides is 2. The number of rotatable bonds is 5. The quantitative estimate of drug-likeness (QED) is 0.465. The highest BCUT2D eigenvalue weighted by Gasteiger charge is 2.38. The van der Waals surface area contributed by atoms with E-state index in [1.54, 1.807) is 24.3 Å². The SMILES string of the molecule is COc1cccc(N(Cc2ccc(-c3nnc(C(F)(F)F)o3)cc2F)C(=O)N2CCS(=O)(=O)CC2)c1. The van der Waals surface area contributed by atoms with Gasteiger partial charge in [-0.2, -0.15) is 13.2 Å². The highest BCUT2D eigenvalue weighted by atomic mass is 32.2. The van der Waals surface area contributed by atoms with Crippen molar-refractivity contribution in [2.45, 2.75) is 12.7 Å². The lowest BCUT2D eigenvalue weighted by molar-refractivity contribution is -0.156. The maximum absolute atomic E-state index is 15.0. The number of urea groups is 1. The number of benzene rings is 2. The van der Waals surface area contributed by atoms with Crippen molar-refractivity contribution in [3.8, 4) is 17.2 Å². The van der Waals surface area contributed by atoms with Crippen molar-refractivity contribution in [1.82, 2.24) is 15.1 Å². The molecule has 0 aliphatic carbocycles. The van der Waals surface area contributed by atoms with Crippen LogP contribution in [0, 0.1) is 5.82 Å². The fourth-order valence-electron chi connectivity index (χ4n) is 3.56. The van der Waals surface area contributed by atoms with E-state index in [2.05, 4.69) is 14.6 Å². The number of ether oxygens (including phenoxy) is 1. The zero-order valence-electron chi connectivity index (χ0n) is 18.8. The van der Waals surface area contributed by atoms with Gasteiger partial charge in [0.25, 0.3) is 0 Å². The summed E-state index contributed by atoms with van der Waals surface area (Å²) in [6.07, 6.45) is -4.84. The number of hydrogen-bond donors (Lipinski definition) is 0. The van der Waals surface area contributed by atoms with Crippen LogP contribution in [0.1, 0.15) is 11.5 Å². The number of anilines is 1. The van der Waals surface area contributed by atoms with Crippen LogP contribution in [0.15, 0.2) is 46.9 Å². The number of aromatic nitrogens is 2. The number of halogens is 4. The monoisotopic (exact) mass is 528 g/mol. The molecular formula is C22H20F4N4O5S. The van der Waals surface area contributed by atoms with Crippen LogP contribution in [-0.2, 0) is 22.6 Å². The third-order valence-corrected chi connectivity index (χ3v) is 7.12. The number of carbonyl (C=O) groups is 1. The summed E-state index contributed by atoms with van der Waals surface area (Å²) < 4.78 is 86.6. The van der Waals surface area contributed by atoms with Gasteiger partial charge in [0.2, 0.25) is 5.89 Å². The van der Waals surface area contributed by atoms with Crippen molar-refractivity contribution in [1.29, 1.82) is 0 Å². The molecular weight excluding hydrogens is 508 g/mol. The van der Waals surface area contributed by atoms with Crippen molar-refractivity contribution in [2.75, 3.05) is 36.6 Å². The Morgan fingerprint density at radius 2 is 1.86 bits per heavy atom. The highest BCUT2D eigenvalue weighted by molar-refractivity contribution is 7.91. The summed E-state index contributed by atoms with van der Waals surface area (Å²) in [6, 6.07) is 9.49. The van der Waals surface area contributed by atoms with Gasteiger partial charge in [0, 0.05) is 36.0 Å². The van der Waals surface area contributed by atoms with Crippen LogP contribution in [0.4, 0.5) is 28.0 Å². The molecule has 1 aliphatic heterocycles. The second-order valence-corrected chi connectivity index (χ2v) is 10.2. The molecule has 0 atom stereocenters. The second-order valence-electron chi connectivity index (χ2n) is 7.93. The molecule has 1 aliphatic rings. The van der Waals surface area contributed by atoms with Crippen molar-refractivity contribution >= 4 is 21.6 Å². The molecule has 14 heteroatoms. The normalized spacial score (nSPS) is 15.5. The minimum Gasteiger partial charge on any atom is -0.497 e. The van der Waals surface area contributed by atoms with Crippen molar-refractivity contribution < 1.29 is 39.9 Å². The molecule has 3 aromatic rings. The summed E-state index contributed by atoms with van der Waals surface area (Å²) in [5, 5.41) is 6.24. The van der Waals surface area contributed by atoms with Gasteiger partial charge < -0.3 is 14.1 Å². The lowest BCUT2D eigenvalue weighted by Crippen LogP contribution is -2.49. The molecule has 9 nitrogen and oxygen atoms in total. The van der Waals surface area contributed by atoms with Crippen molar-refractivity contribution in [3.63, 3.8) is 0 Å². The molecule has 0 spiro atoms. The molecule has 2 amide bonds. The molecule has 192 valence electrons. The van der Waals surface area contributed by atoms with Gasteiger partial charge >= 0.3 is 18.1 Å². The summed E-state index contributed by atoms with van der Waals surface area (Å²) in [5.41, 5.74) is 0.359. The van der Waals surface area contributed by atoms with Gasteiger partial charge in [-0.05, 0) is 24.3 Å². The molecule has 0 unspecified atom stereocenters. The van der Waals surface area contributed by atoms with Crippen LogP contribution in [-0.4, -0.2) is 61.3 Å². The summed E-state index contributed by atoms with van der Waals surface area (Å²) in [7, 11) is -1.79. The average Bonchev–Trinajstić information content (AvgIpc) is 3.34. The van der Waals surface area contributed by atoms with Crippen LogP contribution in [0.5, 0.6) is 5.75 Å². The number of methoxy groups -OCH3 is 1. The Morgan fingerprint density at radius 3 is 2.47 bits per heavy atom. The molecule has 1 aromatic heterocycles. The van der Waals surface area contributed by atoms with Crippen molar-refractivity contribution in [3.05, 3.63) is 59.7 Å². The van der Waals surface area contributed by atoms with E-state index in [4.69, 9.17) is 4.74 Å². The predicted octanol–water partition coefficient (Wildman–Crippen LogP) is 3.76. The molecule has 2 heterocycles. The first-order valence-electron chi connectivity index (χ1n) is 10.6. The number of nitrogens with zero attached hydrogens (tertiary/aromatic N) is 4. The van der Waals surface area contributed by atoms with E-state index in [1.807, 2.05) is 0 Å². The molecule has 1 fully saturated rings. The molecule has 2 aromatic carbocycles. The Kier molecular flexibility index (Phi) is 6.89. The fraction of sp³-hybridized carbons (Fsp3) is 0.318. The van der Waals surface area contributed by atoms with E-state index in [0.717, 1.165) is 6.07 Å². The van der Waals surface area contributed by atoms with E-state index < -0.39 is 39.6 Å². The first-order valence-corrected chi connectivity index (χ1v) is 12.4. The summed E-state index contributed by atoms with van der Waals surface area (Å²) in [5.74, 6) is -2.81. The predicted molar refractivity (Wildman–Crippen MR) is 119 cm³/mol. The van der Waals surface area contributed by atoms with Gasteiger partial charge in [0.05, 0.1) is 25.2 Å². The smallest absolute Gasteiger partial charge is 0.470 e. The number of sulfone groups is 1. The summed E-state index contributed by atoms with van der Waals surface area (Å²) >= 11 is 0. The van der Waals surface area contributed by atoms with Gasteiger partial charge in [-0.15, -0.1) is 10.2 Å². The standard InChI is InChI=1S/C22H20F4N4O5S/c1-34-17-4-2-3-16(12-17)30(21(31)29-7-9-36(32,33)10-8-29)13-15-6-5-14(11-18(15)23)19-27-28-20(35-19)22(24,25)26/h2-6,11-12H,7-10,13H2,1H3. The van der Waals surface area contributed by atoms with Crippen LogP contribution in [0.25, 0.3) is 11.5 Å². The van der Waals surface area contributed by atoms with E-state index in [9.17, 15) is 26.4 Å². The van der Waals surface area contributed by atoms with E-state index >= 15 is 4.39 Å². The van der Waals surface area contributed by atoms with Gasteiger partial charge in [-0.3, -0.25) is 4.90 Å². The van der Waals surface area contributed by atoms with E-state index in [1.165, 1.54) is 29.0 Å². The van der Waals surface area contributed by atoms with E-state index in [-0.39, 0.29) is 42.3 Å². The number of alkyl halides is 3. The Balaban J connectivity index is 1.63. The van der Waals surface area contributed by atoms with Gasteiger partial charge in [0.15, 0.2) is 9.84 Å². The first kappa shape index (κ1) is 25.4. The maximum Gasteiger partial charge on any atom is 0.470 e. The van der Waals surface area contributed by atoms with Crippen LogP contribution >= 0.6 is 0 Å². The Bertz CT molecular complexity index is 1360. The lowest BCUT2D eigenvalue weighted by Gasteiger charge is -2.33. The Morgan fingerprint density at radius 1 is 1.14 bits per heavy atom. The largest absolute Gasteiger partial charge is 0.497 e. The molecule has 0 bridgehead atoms. The van der Waals surface area contributed by atoms with Crippen LogP contribution < -0.4 is 9.64 Å². The molecule has 4 rings (SSSR count). The lowest BCUT2D eigenvalue weighted by atomic mass is 10.1. The van der Waals surface area contributed by atoms with Gasteiger partial charge in [-0.1, -0.05) is 12.1 Å². The third-order valence-electron chi connectivity index (χ3n) is 5.51. The topological polar surface area (TPSA) is 106 Å². The average molecular weight is 528 g/mol. The zero-order valence-corrected chi connectivity index (χ0v) is 19.6. The number of hydrogen-bond acceptors (Lipinski definition) is 7. The minimum absolute atomic E-state index is 0.0121. The Hall–Kier alpha value is -3.68. The molecule has 0 saturated carbocycles. The summed E-state index contributed by atoms with van der Waals surface area (Å²) in [4.78, 5) is 16.0. The molecule has 0 radical (unpaired) electrons. The zero-order chi connectivity index (χ0) is 26.1. The van der Waals surface area contributed by atoms with Crippen LogP contribution in [0.3, 0.4) is 0 Å². The number of carbonyl (C=O) groups excluding carboxylic acids is 1. The van der Waals surface area contributed by atoms with Crippen molar-refractivity contribution in [2.24, 2.45) is 0 Å². The molecule has 0 N–H and O–H groups in total. The minimum atomic E-state index is -4.84. The Labute approximate surface area is 203 Å². The van der Waals surface area contributed by atoms with Gasteiger partial charge in [-0.25, -0.2) is 17.6 Å². The highest BCUT2D eigenvalue weighted by Crippen LogP contribution is 2.31.